The smallest absolute Gasteiger partial charge is 0.326 e. The minimum atomic E-state index is -1.01. The van der Waals surface area contributed by atoms with Crippen molar-refractivity contribution >= 4 is 23.6 Å². The van der Waals surface area contributed by atoms with Gasteiger partial charge in [0.05, 0.1) is 11.4 Å². The van der Waals surface area contributed by atoms with Gasteiger partial charge in [0.1, 0.15) is 6.04 Å². The maximum atomic E-state index is 12.0. The summed E-state index contributed by atoms with van der Waals surface area (Å²) in [5.41, 5.74) is 0.891. The summed E-state index contributed by atoms with van der Waals surface area (Å²) in [6.07, 6.45) is 0.289. The minimum absolute atomic E-state index is 0.225. The number of aliphatic carboxylic acids is 1. The van der Waals surface area contributed by atoms with Gasteiger partial charge in [0.25, 0.3) is 0 Å². The zero-order valence-electron chi connectivity index (χ0n) is 11.2. The normalized spacial score (nSPS) is 23.2. The van der Waals surface area contributed by atoms with E-state index >= 15 is 0 Å². The number of carbonyl (C=O) groups is 2. The molecule has 5 nitrogen and oxygen atoms in total. The molecule has 3 N–H and O–H groups in total. The monoisotopic (exact) mass is 294 g/mol. The third-order valence-corrected chi connectivity index (χ3v) is 4.32. The van der Waals surface area contributed by atoms with Gasteiger partial charge in [0.15, 0.2) is 0 Å². The van der Waals surface area contributed by atoms with Gasteiger partial charge in [-0.3, -0.25) is 10.1 Å². The first-order chi connectivity index (χ1) is 9.56. The number of hydrogen-bond donors (Lipinski definition) is 3. The van der Waals surface area contributed by atoms with Gasteiger partial charge in [-0.1, -0.05) is 30.3 Å². The van der Waals surface area contributed by atoms with E-state index < -0.39 is 12.0 Å². The number of amides is 1. The molecular formula is C14H18N2O3S. The Morgan fingerprint density at radius 3 is 2.70 bits per heavy atom. The molecule has 0 aliphatic carbocycles. The maximum Gasteiger partial charge on any atom is 0.326 e. The third kappa shape index (κ3) is 3.98. The van der Waals surface area contributed by atoms with Crippen LogP contribution in [-0.4, -0.2) is 40.2 Å². The first-order valence-corrected chi connectivity index (χ1v) is 7.56. The number of hydrogen-bond acceptors (Lipinski definition) is 4. The summed E-state index contributed by atoms with van der Waals surface area (Å²) in [7, 11) is 0. The molecule has 1 aliphatic heterocycles. The number of benzene rings is 1. The van der Waals surface area contributed by atoms with Crippen molar-refractivity contribution in [1.82, 2.24) is 10.6 Å². The molecule has 1 saturated heterocycles. The van der Waals surface area contributed by atoms with E-state index in [4.69, 9.17) is 0 Å². The molecule has 0 aromatic heterocycles. The summed E-state index contributed by atoms with van der Waals surface area (Å²) in [4.78, 5) is 23.3. The molecule has 0 spiro atoms. The molecule has 20 heavy (non-hydrogen) atoms. The quantitative estimate of drug-likeness (QED) is 0.750. The van der Waals surface area contributed by atoms with Gasteiger partial charge in [-0.05, 0) is 12.5 Å². The van der Waals surface area contributed by atoms with E-state index in [0.717, 1.165) is 5.56 Å². The molecule has 108 valence electrons. The second-order valence-corrected chi connectivity index (χ2v) is 6.16. The van der Waals surface area contributed by atoms with Crippen LogP contribution in [0.2, 0.25) is 0 Å². The molecule has 3 atom stereocenters. The van der Waals surface area contributed by atoms with Crippen molar-refractivity contribution in [3.8, 4) is 0 Å². The molecule has 1 amide bonds. The molecule has 2 rings (SSSR count). The van der Waals surface area contributed by atoms with Gasteiger partial charge in [-0.15, -0.1) is 11.8 Å². The van der Waals surface area contributed by atoms with Crippen molar-refractivity contribution in [2.75, 3.05) is 5.75 Å². The van der Waals surface area contributed by atoms with Crippen LogP contribution in [0.3, 0.4) is 0 Å². The summed E-state index contributed by atoms with van der Waals surface area (Å²) in [6, 6.07) is 8.08. The van der Waals surface area contributed by atoms with Crippen molar-refractivity contribution in [3.63, 3.8) is 0 Å². The van der Waals surface area contributed by atoms with Gasteiger partial charge in [0, 0.05) is 12.2 Å². The highest BCUT2D eigenvalue weighted by molar-refractivity contribution is 8.00. The van der Waals surface area contributed by atoms with Gasteiger partial charge in [-0.2, -0.15) is 0 Å². The topological polar surface area (TPSA) is 78.4 Å². The second-order valence-electron chi connectivity index (χ2n) is 4.78. The Bertz CT molecular complexity index is 481. The Labute approximate surface area is 122 Å². The lowest BCUT2D eigenvalue weighted by molar-refractivity contribution is -0.142. The molecular weight excluding hydrogens is 276 g/mol. The molecule has 0 bridgehead atoms. The predicted molar refractivity (Wildman–Crippen MR) is 78.6 cm³/mol. The van der Waals surface area contributed by atoms with Gasteiger partial charge in [-0.25, -0.2) is 4.79 Å². The highest BCUT2D eigenvalue weighted by Gasteiger charge is 2.30. The molecule has 1 aromatic rings. The highest BCUT2D eigenvalue weighted by Crippen LogP contribution is 2.18. The number of rotatable bonds is 5. The van der Waals surface area contributed by atoms with Crippen LogP contribution in [0.25, 0.3) is 0 Å². The lowest BCUT2D eigenvalue weighted by Gasteiger charge is -2.17. The Kier molecular flexibility index (Phi) is 5.03. The maximum absolute atomic E-state index is 12.0. The fraction of sp³-hybridized carbons (Fsp3) is 0.429. The van der Waals surface area contributed by atoms with Crippen molar-refractivity contribution in [2.24, 2.45) is 0 Å². The van der Waals surface area contributed by atoms with E-state index in [1.807, 2.05) is 37.3 Å². The molecule has 3 unspecified atom stereocenters. The molecule has 0 saturated carbocycles. The van der Waals surface area contributed by atoms with E-state index in [0.29, 0.717) is 5.75 Å². The average Bonchev–Trinajstić information content (AvgIpc) is 2.86. The van der Waals surface area contributed by atoms with Crippen LogP contribution in [0.4, 0.5) is 0 Å². The van der Waals surface area contributed by atoms with Crippen LogP contribution in [-0.2, 0) is 16.0 Å². The molecule has 0 radical (unpaired) electrons. The summed E-state index contributed by atoms with van der Waals surface area (Å²) < 4.78 is 0. The standard InChI is InChI=1S/C14H18N2O3S/c1-9-15-12(8-20-9)13(17)16-11(14(18)19)7-10-5-3-2-4-6-10/h2-6,9,11-12,15H,7-8H2,1H3,(H,16,17)(H,18,19). The zero-order chi connectivity index (χ0) is 14.5. The SMILES string of the molecule is CC1NC(C(=O)NC(Cc2ccccc2)C(=O)O)CS1. The first kappa shape index (κ1) is 14.9. The first-order valence-electron chi connectivity index (χ1n) is 6.51. The number of carbonyl (C=O) groups excluding carboxylic acids is 1. The Morgan fingerprint density at radius 2 is 2.15 bits per heavy atom. The van der Waals surface area contributed by atoms with Crippen LogP contribution < -0.4 is 10.6 Å². The van der Waals surface area contributed by atoms with E-state index in [2.05, 4.69) is 10.6 Å². The Balaban J connectivity index is 1.96. The van der Waals surface area contributed by atoms with Gasteiger partial charge < -0.3 is 10.4 Å². The van der Waals surface area contributed by atoms with Crippen LogP contribution in [0.5, 0.6) is 0 Å². The average molecular weight is 294 g/mol. The Hall–Kier alpha value is -1.53. The summed E-state index contributed by atoms with van der Waals surface area (Å²) in [5.74, 6) is -0.587. The summed E-state index contributed by atoms with van der Waals surface area (Å²) in [5, 5.41) is 15.2. The number of carboxylic acids is 1. The van der Waals surface area contributed by atoms with Crippen LogP contribution in [0.1, 0.15) is 12.5 Å². The minimum Gasteiger partial charge on any atom is -0.480 e. The van der Waals surface area contributed by atoms with Crippen LogP contribution in [0.15, 0.2) is 30.3 Å². The van der Waals surface area contributed by atoms with E-state index in [1.165, 1.54) is 0 Å². The lowest BCUT2D eigenvalue weighted by atomic mass is 10.1. The van der Waals surface area contributed by atoms with Crippen LogP contribution in [0, 0.1) is 0 Å². The molecule has 1 aliphatic rings. The molecule has 1 heterocycles. The fourth-order valence-corrected chi connectivity index (χ4v) is 3.08. The predicted octanol–water partition coefficient (Wildman–Crippen LogP) is 0.849. The number of carboxylic acid groups (broad SMARTS) is 1. The lowest BCUT2D eigenvalue weighted by Crippen LogP contribution is -2.50. The summed E-state index contributed by atoms with van der Waals surface area (Å²) >= 11 is 1.65. The van der Waals surface area contributed by atoms with E-state index in [9.17, 15) is 14.7 Å². The van der Waals surface area contributed by atoms with Crippen molar-refractivity contribution < 1.29 is 14.7 Å². The van der Waals surface area contributed by atoms with Gasteiger partial charge in [0.2, 0.25) is 5.91 Å². The fourth-order valence-electron chi connectivity index (χ4n) is 2.09. The largest absolute Gasteiger partial charge is 0.480 e. The van der Waals surface area contributed by atoms with E-state index in [1.54, 1.807) is 11.8 Å². The number of nitrogens with one attached hydrogen (secondary N) is 2. The molecule has 1 aromatic carbocycles. The molecule has 1 fully saturated rings. The number of thioether (sulfide) groups is 1. The van der Waals surface area contributed by atoms with E-state index in [-0.39, 0.29) is 23.7 Å². The third-order valence-electron chi connectivity index (χ3n) is 3.16. The Morgan fingerprint density at radius 1 is 1.45 bits per heavy atom. The zero-order valence-corrected chi connectivity index (χ0v) is 12.0. The van der Waals surface area contributed by atoms with Crippen molar-refractivity contribution in [2.45, 2.75) is 30.8 Å². The van der Waals surface area contributed by atoms with Crippen LogP contribution >= 0.6 is 11.8 Å². The molecule has 6 heteroatoms. The van der Waals surface area contributed by atoms with Crippen molar-refractivity contribution in [1.29, 1.82) is 0 Å². The summed E-state index contributed by atoms with van der Waals surface area (Å²) in [6.45, 7) is 1.98. The highest BCUT2D eigenvalue weighted by atomic mass is 32.2. The van der Waals surface area contributed by atoms with Gasteiger partial charge >= 0.3 is 5.97 Å². The van der Waals surface area contributed by atoms with Crippen molar-refractivity contribution in [3.05, 3.63) is 35.9 Å². The second kappa shape index (κ2) is 6.76.